The number of hydrogen-bond donors (Lipinski definition) is 2. The van der Waals surface area contributed by atoms with E-state index in [1.54, 1.807) is 48.5 Å². The van der Waals surface area contributed by atoms with Crippen LogP contribution in [-0.2, 0) is 11.3 Å². The molecule has 0 spiro atoms. The Morgan fingerprint density at radius 3 is 2.42 bits per heavy atom. The highest BCUT2D eigenvalue weighted by Crippen LogP contribution is 2.38. The maximum absolute atomic E-state index is 12.9. The van der Waals surface area contributed by atoms with Crippen molar-refractivity contribution in [3.63, 3.8) is 0 Å². The molecule has 31 heavy (non-hydrogen) atoms. The van der Waals surface area contributed by atoms with Gasteiger partial charge in [-0.1, -0.05) is 18.2 Å². The predicted molar refractivity (Wildman–Crippen MR) is 113 cm³/mol. The average Bonchev–Trinajstić information content (AvgIpc) is 3.21. The molecule has 7 nitrogen and oxygen atoms in total. The third-order valence-electron chi connectivity index (χ3n) is 6.30. The minimum Gasteiger partial charge on any atom is -0.488 e. The SMILES string of the molecule is COC(=O)c1cccc(O[C@@H]2C[C@@H]3CN(C(=O)c4ccc(CO)cc4)C[C@@H]3C[C@H]2O)c1. The highest BCUT2D eigenvalue weighted by Gasteiger charge is 2.44. The van der Waals surface area contributed by atoms with E-state index in [0.717, 1.165) is 5.56 Å². The first-order valence-electron chi connectivity index (χ1n) is 10.5. The Morgan fingerprint density at radius 1 is 1.03 bits per heavy atom. The number of likely N-dealkylation sites (tertiary alicyclic amines) is 1. The summed E-state index contributed by atoms with van der Waals surface area (Å²) in [7, 11) is 1.33. The highest BCUT2D eigenvalue weighted by atomic mass is 16.5. The van der Waals surface area contributed by atoms with Gasteiger partial charge in [-0.2, -0.15) is 0 Å². The fourth-order valence-electron chi connectivity index (χ4n) is 4.61. The summed E-state index contributed by atoms with van der Waals surface area (Å²) in [6, 6.07) is 13.7. The molecular formula is C24H27NO6. The predicted octanol–water partition coefficient (Wildman–Crippen LogP) is 2.26. The summed E-state index contributed by atoms with van der Waals surface area (Å²) in [5, 5.41) is 19.8. The topological polar surface area (TPSA) is 96.3 Å². The molecule has 164 valence electrons. The zero-order chi connectivity index (χ0) is 22.0. The zero-order valence-electron chi connectivity index (χ0n) is 17.4. The van der Waals surface area contributed by atoms with Crippen molar-refractivity contribution in [1.82, 2.24) is 4.90 Å². The number of aliphatic hydroxyl groups excluding tert-OH is 2. The lowest BCUT2D eigenvalue weighted by Crippen LogP contribution is -2.42. The summed E-state index contributed by atoms with van der Waals surface area (Å²) in [6.45, 7) is 1.19. The third kappa shape index (κ3) is 4.57. The molecule has 2 aliphatic rings. The first-order valence-corrected chi connectivity index (χ1v) is 10.5. The molecule has 1 aliphatic heterocycles. The molecule has 1 amide bonds. The lowest BCUT2D eigenvalue weighted by atomic mass is 9.78. The van der Waals surface area contributed by atoms with Crippen LogP contribution in [0.4, 0.5) is 0 Å². The second kappa shape index (κ2) is 9.08. The van der Waals surface area contributed by atoms with E-state index >= 15 is 0 Å². The van der Waals surface area contributed by atoms with Gasteiger partial charge < -0.3 is 24.6 Å². The van der Waals surface area contributed by atoms with Crippen molar-refractivity contribution in [1.29, 1.82) is 0 Å². The van der Waals surface area contributed by atoms with Gasteiger partial charge in [0, 0.05) is 18.7 Å². The molecule has 7 heteroatoms. The highest BCUT2D eigenvalue weighted by molar-refractivity contribution is 5.94. The number of benzene rings is 2. The summed E-state index contributed by atoms with van der Waals surface area (Å²) >= 11 is 0. The third-order valence-corrected chi connectivity index (χ3v) is 6.30. The smallest absolute Gasteiger partial charge is 0.337 e. The number of fused-ring (bicyclic) bond motifs is 1. The van der Waals surface area contributed by atoms with Crippen LogP contribution in [0.5, 0.6) is 5.75 Å². The molecule has 0 unspecified atom stereocenters. The van der Waals surface area contributed by atoms with Gasteiger partial charge in [-0.25, -0.2) is 4.79 Å². The minimum atomic E-state index is -0.637. The summed E-state index contributed by atoms with van der Waals surface area (Å²) in [5.41, 5.74) is 1.77. The van der Waals surface area contributed by atoms with E-state index in [0.29, 0.717) is 42.8 Å². The summed E-state index contributed by atoms with van der Waals surface area (Å²) in [6.07, 6.45) is 0.177. The van der Waals surface area contributed by atoms with Gasteiger partial charge in [0.25, 0.3) is 5.91 Å². The molecule has 0 radical (unpaired) electrons. The van der Waals surface area contributed by atoms with Crippen LogP contribution < -0.4 is 4.74 Å². The molecule has 0 aromatic heterocycles. The number of rotatable bonds is 5. The van der Waals surface area contributed by atoms with Gasteiger partial charge in [-0.15, -0.1) is 0 Å². The van der Waals surface area contributed by atoms with Crippen LogP contribution in [0.3, 0.4) is 0 Å². The number of nitrogens with zero attached hydrogens (tertiary/aromatic N) is 1. The Hall–Kier alpha value is -2.90. The Labute approximate surface area is 181 Å². The molecule has 1 heterocycles. The molecule has 1 aliphatic carbocycles. The first-order chi connectivity index (χ1) is 15.0. The Balaban J connectivity index is 1.41. The van der Waals surface area contributed by atoms with Crippen LogP contribution >= 0.6 is 0 Å². The van der Waals surface area contributed by atoms with Gasteiger partial charge in [0.05, 0.1) is 25.4 Å². The average molecular weight is 425 g/mol. The Morgan fingerprint density at radius 2 is 1.74 bits per heavy atom. The molecule has 4 atom stereocenters. The van der Waals surface area contributed by atoms with E-state index in [-0.39, 0.29) is 24.3 Å². The van der Waals surface area contributed by atoms with E-state index in [4.69, 9.17) is 9.47 Å². The fraction of sp³-hybridized carbons (Fsp3) is 0.417. The van der Waals surface area contributed by atoms with Crippen LogP contribution in [-0.4, -0.2) is 59.4 Å². The van der Waals surface area contributed by atoms with Crippen LogP contribution in [0.1, 0.15) is 39.1 Å². The van der Waals surface area contributed by atoms with E-state index in [1.165, 1.54) is 7.11 Å². The van der Waals surface area contributed by atoms with Crippen molar-refractivity contribution >= 4 is 11.9 Å². The Kier molecular flexibility index (Phi) is 6.25. The van der Waals surface area contributed by atoms with E-state index in [1.807, 2.05) is 4.90 Å². The maximum Gasteiger partial charge on any atom is 0.337 e. The lowest BCUT2D eigenvalue weighted by Gasteiger charge is -2.35. The molecule has 1 saturated heterocycles. The number of aliphatic hydroxyl groups is 2. The summed E-state index contributed by atoms with van der Waals surface area (Å²) in [4.78, 5) is 26.5. The van der Waals surface area contributed by atoms with Crippen molar-refractivity contribution in [2.45, 2.75) is 31.7 Å². The van der Waals surface area contributed by atoms with Crippen LogP contribution in [0.25, 0.3) is 0 Å². The number of esters is 1. The molecule has 1 saturated carbocycles. The van der Waals surface area contributed by atoms with E-state index in [2.05, 4.69) is 0 Å². The quantitative estimate of drug-likeness (QED) is 0.714. The summed E-state index contributed by atoms with van der Waals surface area (Å²) < 4.78 is 10.8. The molecular weight excluding hydrogens is 398 g/mol. The fourth-order valence-corrected chi connectivity index (χ4v) is 4.61. The standard InChI is InChI=1S/C24H27NO6/c1-30-24(29)17-3-2-4-20(9-17)31-22-11-19-13-25(12-18(19)10-21(22)27)23(28)16-7-5-15(14-26)6-8-16/h2-9,18-19,21-22,26-27H,10-14H2,1H3/t18-,19+,21+,22+/m0/s1. The molecule has 2 aromatic carbocycles. The zero-order valence-corrected chi connectivity index (χ0v) is 17.4. The van der Waals surface area contributed by atoms with Gasteiger partial charge in [-0.3, -0.25) is 4.79 Å². The van der Waals surface area contributed by atoms with E-state index < -0.39 is 18.2 Å². The monoisotopic (exact) mass is 425 g/mol. The van der Waals surface area contributed by atoms with Crippen molar-refractivity contribution < 1.29 is 29.3 Å². The number of carbonyl (C=O) groups is 2. The normalized spacial score (nSPS) is 25.1. The minimum absolute atomic E-state index is 0.0309. The van der Waals surface area contributed by atoms with Gasteiger partial charge in [0.2, 0.25) is 0 Å². The van der Waals surface area contributed by atoms with Gasteiger partial charge in [0.1, 0.15) is 11.9 Å². The van der Waals surface area contributed by atoms with Crippen molar-refractivity contribution in [2.75, 3.05) is 20.2 Å². The maximum atomic E-state index is 12.9. The number of carbonyl (C=O) groups excluding carboxylic acids is 2. The van der Waals surface area contributed by atoms with Crippen LogP contribution in [0.15, 0.2) is 48.5 Å². The van der Waals surface area contributed by atoms with Crippen molar-refractivity contribution in [3.8, 4) is 5.75 Å². The number of hydrogen-bond acceptors (Lipinski definition) is 6. The molecule has 2 fully saturated rings. The van der Waals surface area contributed by atoms with Gasteiger partial charge in [-0.05, 0) is 60.6 Å². The van der Waals surface area contributed by atoms with Gasteiger partial charge in [0.15, 0.2) is 0 Å². The number of amides is 1. The van der Waals surface area contributed by atoms with Gasteiger partial charge >= 0.3 is 5.97 Å². The molecule has 2 aromatic rings. The van der Waals surface area contributed by atoms with Crippen molar-refractivity contribution in [3.05, 3.63) is 65.2 Å². The van der Waals surface area contributed by atoms with Crippen LogP contribution in [0, 0.1) is 11.8 Å². The second-order valence-corrected chi connectivity index (χ2v) is 8.30. The molecule has 2 N–H and O–H groups in total. The summed E-state index contributed by atoms with van der Waals surface area (Å²) in [5.74, 6) is 0.526. The number of methoxy groups -OCH3 is 1. The van der Waals surface area contributed by atoms with Crippen LogP contribution in [0.2, 0.25) is 0 Å². The molecule has 0 bridgehead atoms. The largest absolute Gasteiger partial charge is 0.488 e. The second-order valence-electron chi connectivity index (χ2n) is 8.30. The molecule has 4 rings (SSSR count). The van der Waals surface area contributed by atoms with E-state index in [9.17, 15) is 19.8 Å². The van der Waals surface area contributed by atoms with Crippen molar-refractivity contribution in [2.24, 2.45) is 11.8 Å². The Bertz CT molecular complexity index is 943. The lowest BCUT2D eigenvalue weighted by molar-refractivity contribution is -0.0231. The first kappa shape index (κ1) is 21.3. The number of ether oxygens (including phenoxy) is 2.